The van der Waals surface area contributed by atoms with Gasteiger partial charge in [0.15, 0.2) is 0 Å². The standard InChI is InChI=1S/C25H25N3O4S/c1-32-20-12-10-17(11-13-20)22(23-16-26-24-9-4-3-8-21(23)24)15-27-25(29)18-6-5-7-19(14-18)28-33(2,30)31/h3-14,16,22,26,28H,15H2,1-2H3,(H,27,29)/t22-/m1/s1. The number of anilines is 1. The van der Waals surface area contributed by atoms with E-state index in [1.807, 2.05) is 48.7 Å². The van der Waals surface area contributed by atoms with Gasteiger partial charge in [-0.2, -0.15) is 0 Å². The number of amides is 1. The lowest BCUT2D eigenvalue weighted by atomic mass is 9.90. The van der Waals surface area contributed by atoms with E-state index in [-0.39, 0.29) is 11.8 Å². The second-order valence-corrected chi connectivity index (χ2v) is 9.53. The monoisotopic (exact) mass is 463 g/mol. The number of carbonyl (C=O) groups is 1. The molecule has 0 aliphatic heterocycles. The van der Waals surface area contributed by atoms with Gasteiger partial charge in [-0.1, -0.05) is 36.4 Å². The van der Waals surface area contributed by atoms with Crippen LogP contribution in [0, 0.1) is 0 Å². The molecule has 1 aromatic heterocycles. The molecule has 33 heavy (non-hydrogen) atoms. The third-order valence-corrected chi connectivity index (χ3v) is 6.02. The minimum atomic E-state index is -3.43. The van der Waals surface area contributed by atoms with Crippen molar-refractivity contribution in [2.75, 3.05) is 24.6 Å². The van der Waals surface area contributed by atoms with Gasteiger partial charge in [-0.25, -0.2) is 8.42 Å². The van der Waals surface area contributed by atoms with E-state index in [2.05, 4.69) is 21.1 Å². The largest absolute Gasteiger partial charge is 0.497 e. The molecule has 0 fully saturated rings. The van der Waals surface area contributed by atoms with Crippen LogP contribution in [0.15, 0.2) is 79.0 Å². The van der Waals surface area contributed by atoms with Crippen LogP contribution in [0.3, 0.4) is 0 Å². The maximum Gasteiger partial charge on any atom is 0.251 e. The Labute approximate surface area is 192 Å². The Bertz CT molecular complexity index is 1380. The second kappa shape index (κ2) is 9.38. The van der Waals surface area contributed by atoms with E-state index in [1.165, 1.54) is 6.07 Å². The van der Waals surface area contributed by atoms with Crippen LogP contribution in [-0.4, -0.2) is 39.2 Å². The van der Waals surface area contributed by atoms with Crippen molar-refractivity contribution in [2.24, 2.45) is 0 Å². The van der Waals surface area contributed by atoms with Crippen LogP contribution in [0.4, 0.5) is 5.69 Å². The zero-order valence-electron chi connectivity index (χ0n) is 18.3. The predicted molar refractivity (Wildman–Crippen MR) is 130 cm³/mol. The SMILES string of the molecule is COc1ccc([C@@H](CNC(=O)c2cccc(NS(C)(=O)=O)c2)c2c[nH]c3ccccc23)cc1. The smallest absolute Gasteiger partial charge is 0.251 e. The number of H-pyrrole nitrogens is 1. The molecule has 3 aromatic carbocycles. The fourth-order valence-corrected chi connectivity index (χ4v) is 4.42. The summed E-state index contributed by atoms with van der Waals surface area (Å²) in [7, 11) is -1.81. The number of benzene rings is 3. The maximum atomic E-state index is 12.9. The van der Waals surface area contributed by atoms with Crippen LogP contribution < -0.4 is 14.8 Å². The van der Waals surface area contributed by atoms with E-state index < -0.39 is 10.0 Å². The van der Waals surface area contributed by atoms with Gasteiger partial charge in [0, 0.05) is 40.8 Å². The molecule has 4 aromatic rings. The van der Waals surface area contributed by atoms with Gasteiger partial charge in [0.1, 0.15) is 5.75 Å². The Hall–Kier alpha value is -3.78. The van der Waals surface area contributed by atoms with Crippen molar-refractivity contribution in [3.63, 3.8) is 0 Å². The van der Waals surface area contributed by atoms with E-state index in [0.717, 1.165) is 34.0 Å². The third kappa shape index (κ3) is 5.35. The van der Waals surface area contributed by atoms with Gasteiger partial charge in [-0.15, -0.1) is 0 Å². The first-order chi connectivity index (χ1) is 15.8. The number of carbonyl (C=O) groups excluding carboxylic acids is 1. The van der Waals surface area contributed by atoms with E-state index in [9.17, 15) is 13.2 Å². The molecule has 0 radical (unpaired) electrons. The number of methoxy groups -OCH3 is 1. The number of hydrogen-bond donors (Lipinski definition) is 3. The van der Waals surface area contributed by atoms with Crippen molar-refractivity contribution in [3.05, 3.63) is 95.7 Å². The first-order valence-electron chi connectivity index (χ1n) is 10.4. The molecule has 0 spiro atoms. The van der Waals surface area contributed by atoms with Crippen molar-refractivity contribution in [1.82, 2.24) is 10.3 Å². The van der Waals surface area contributed by atoms with Crippen LogP contribution in [0.25, 0.3) is 10.9 Å². The molecule has 0 unspecified atom stereocenters. The molecule has 0 saturated heterocycles. The lowest BCUT2D eigenvalue weighted by Gasteiger charge is -2.19. The number of aromatic nitrogens is 1. The summed E-state index contributed by atoms with van der Waals surface area (Å²) in [6.07, 6.45) is 3.04. The number of sulfonamides is 1. The van der Waals surface area contributed by atoms with E-state index in [4.69, 9.17) is 4.74 Å². The zero-order chi connectivity index (χ0) is 23.4. The van der Waals surface area contributed by atoms with Gasteiger partial charge in [-0.05, 0) is 47.5 Å². The fraction of sp³-hybridized carbons (Fsp3) is 0.160. The Morgan fingerprint density at radius 1 is 1.03 bits per heavy atom. The Balaban J connectivity index is 1.61. The van der Waals surface area contributed by atoms with Crippen LogP contribution in [0.5, 0.6) is 5.75 Å². The van der Waals surface area contributed by atoms with Crippen LogP contribution in [-0.2, 0) is 10.0 Å². The fourth-order valence-electron chi connectivity index (χ4n) is 3.86. The Morgan fingerprint density at radius 3 is 2.52 bits per heavy atom. The summed E-state index contributed by atoms with van der Waals surface area (Å²) in [5, 5.41) is 4.10. The molecule has 8 heteroatoms. The van der Waals surface area contributed by atoms with Crippen molar-refractivity contribution in [3.8, 4) is 5.75 Å². The average molecular weight is 464 g/mol. The summed E-state index contributed by atoms with van der Waals surface area (Å²) < 4.78 is 30.7. The maximum absolute atomic E-state index is 12.9. The van der Waals surface area contributed by atoms with E-state index >= 15 is 0 Å². The lowest BCUT2D eigenvalue weighted by molar-refractivity contribution is 0.0952. The van der Waals surface area contributed by atoms with Gasteiger partial charge in [0.2, 0.25) is 10.0 Å². The highest BCUT2D eigenvalue weighted by Gasteiger charge is 2.20. The van der Waals surface area contributed by atoms with Gasteiger partial charge in [0.25, 0.3) is 5.91 Å². The molecule has 170 valence electrons. The van der Waals surface area contributed by atoms with Gasteiger partial charge in [0.05, 0.1) is 13.4 Å². The number of rotatable bonds is 8. The minimum Gasteiger partial charge on any atom is -0.497 e. The average Bonchev–Trinajstić information content (AvgIpc) is 3.22. The first-order valence-corrected chi connectivity index (χ1v) is 12.3. The number of ether oxygens (including phenoxy) is 1. The quantitative estimate of drug-likeness (QED) is 0.366. The van der Waals surface area contributed by atoms with Gasteiger partial charge in [-0.3, -0.25) is 9.52 Å². The second-order valence-electron chi connectivity index (χ2n) is 7.78. The molecular weight excluding hydrogens is 438 g/mol. The van der Waals surface area contributed by atoms with Crippen LogP contribution in [0.1, 0.15) is 27.4 Å². The van der Waals surface area contributed by atoms with Gasteiger partial charge < -0.3 is 15.0 Å². The van der Waals surface area contributed by atoms with Crippen LogP contribution in [0.2, 0.25) is 0 Å². The molecule has 0 saturated carbocycles. The summed E-state index contributed by atoms with van der Waals surface area (Å²) in [4.78, 5) is 16.2. The Morgan fingerprint density at radius 2 is 1.79 bits per heavy atom. The molecule has 3 N–H and O–H groups in total. The number of para-hydroxylation sites is 1. The molecule has 0 bridgehead atoms. The number of fused-ring (bicyclic) bond motifs is 1. The molecule has 1 atom stereocenters. The molecule has 1 heterocycles. The highest BCUT2D eigenvalue weighted by atomic mass is 32.2. The van der Waals surface area contributed by atoms with Crippen molar-refractivity contribution in [1.29, 1.82) is 0 Å². The summed E-state index contributed by atoms with van der Waals surface area (Å²) in [6.45, 7) is 0.358. The summed E-state index contributed by atoms with van der Waals surface area (Å²) in [5.41, 5.74) is 3.85. The normalized spacial score (nSPS) is 12.3. The third-order valence-electron chi connectivity index (χ3n) is 5.41. The molecule has 0 aliphatic rings. The van der Waals surface area contributed by atoms with Crippen molar-refractivity contribution in [2.45, 2.75) is 5.92 Å². The Kier molecular flexibility index (Phi) is 6.37. The topological polar surface area (TPSA) is 100 Å². The van der Waals surface area contributed by atoms with Gasteiger partial charge >= 0.3 is 0 Å². The molecule has 4 rings (SSSR count). The molecular formula is C25H25N3O4S. The highest BCUT2D eigenvalue weighted by Crippen LogP contribution is 2.31. The summed E-state index contributed by atoms with van der Waals surface area (Å²) >= 11 is 0. The summed E-state index contributed by atoms with van der Waals surface area (Å²) in [6, 6.07) is 22.2. The summed E-state index contributed by atoms with van der Waals surface area (Å²) in [5.74, 6) is 0.370. The molecule has 0 aliphatic carbocycles. The number of aromatic amines is 1. The van der Waals surface area contributed by atoms with Crippen molar-refractivity contribution < 1.29 is 17.9 Å². The highest BCUT2D eigenvalue weighted by molar-refractivity contribution is 7.92. The van der Waals surface area contributed by atoms with Crippen molar-refractivity contribution >= 4 is 32.5 Å². The molecule has 1 amide bonds. The predicted octanol–water partition coefficient (Wildman–Crippen LogP) is 4.11. The van der Waals surface area contributed by atoms with Crippen LogP contribution >= 0.6 is 0 Å². The van der Waals surface area contributed by atoms with E-state index in [1.54, 1.807) is 25.3 Å². The lowest BCUT2D eigenvalue weighted by Crippen LogP contribution is -2.29. The minimum absolute atomic E-state index is 0.103. The van der Waals surface area contributed by atoms with E-state index in [0.29, 0.717) is 17.8 Å². The molecule has 7 nitrogen and oxygen atoms in total. The number of nitrogens with one attached hydrogen (secondary N) is 3. The first kappa shape index (κ1) is 22.4. The number of hydrogen-bond acceptors (Lipinski definition) is 4. The zero-order valence-corrected chi connectivity index (χ0v) is 19.1.